The van der Waals surface area contributed by atoms with Gasteiger partial charge in [0.05, 0.1) is 0 Å². The van der Waals surface area contributed by atoms with E-state index in [1.54, 1.807) is 0 Å². The van der Waals surface area contributed by atoms with Crippen LogP contribution in [0.3, 0.4) is 0 Å². The van der Waals surface area contributed by atoms with Gasteiger partial charge in [-0.1, -0.05) is 18.2 Å². The van der Waals surface area contributed by atoms with E-state index in [1.165, 1.54) is 16.7 Å². The van der Waals surface area contributed by atoms with Crippen molar-refractivity contribution in [2.24, 2.45) is 5.84 Å². The minimum Gasteiger partial charge on any atom is -0.271 e. The molecule has 0 radical (unpaired) electrons. The highest BCUT2D eigenvalue weighted by atomic mass is 32.2. The highest BCUT2D eigenvalue weighted by Crippen LogP contribution is 2.38. The average Bonchev–Trinajstić information content (AvgIpc) is 2.76. The summed E-state index contributed by atoms with van der Waals surface area (Å²) in [5.74, 6) is 5.86. The van der Waals surface area contributed by atoms with E-state index in [4.69, 9.17) is 5.84 Å². The number of nitrogens with one attached hydrogen (secondary N) is 1. The van der Waals surface area contributed by atoms with E-state index in [9.17, 15) is 8.42 Å². The SMILES string of the molecule is CS(=O)(=O)CCCC(NN)C1Cc2ccccc2S1. The molecule has 19 heavy (non-hydrogen) atoms. The molecular formula is C13H20N2O2S2. The van der Waals surface area contributed by atoms with Gasteiger partial charge in [0.25, 0.3) is 0 Å². The second-order valence-electron chi connectivity index (χ2n) is 5.01. The van der Waals surface area contributed by atoms with Gasteiger partial charge in [-0.2, -0.15) is 0 Å². The number of sulfone groups is 1. The van der Waals surface area contributed by atoms with E-state index in [0.717, 1.165) is 12.8 Å². The Hall–Kier alpha value is -0.560. The standard InChI is InChI=1S/C13H20N2O2S2/c1-19(16,17)8-4-6-11(15-14)13-9-10-5-2-3-7-12(10)18-13/h2-3,5,7,11,13,15H,4,6,8-9,14H2,1H3. The lowest BCUT2D eigenvalue weighted by molar-refractivity contribution is 0.472. The Labute approximate surface area is 119 Å². The molecule has 2 unspecified atom stereocenters. The van der Waals surface area contributed by atoms with Crippen LogP contribution < -0.4 is 11.3 Å². The number of fused-ring (bicyclic) bond motifs is 1. The fourth-order valence-electron chi connectivity index (χ4n) is 2.38. The van der Waals surface area contributed by atoms with Crippen LogP contribution in [0.5, 0.6) is 0 Å². The first kappa shape index (κ1) is 14.8. The molecule has 0 bridgehead atoms. The number of benzene rings is 1. The third-order valence-corrected chi connectivity index (χ3v) is 5.85. The van der Waals surface area contributed by atoms with Gasteiger partial charge in [-0.15, -0.1) is 11.8 Å². The molecule has 1 aliphatic heterocycles. The fraction of sp³-hybridized carbons (Fsp3) is 0.538. The molecule has 1 aliphatic rings. The summed E-state index contributed by atoms with van der Waals surface area (Å²) in [6.45, 7) is 0. The van der Waals surface area contributed by atoms with E-state index in [2.05, 4.69) is 23.6 Å². The number of rotatable bonds is 6. The molecule has 0 aromatic heterocycles. The molecule has 3 N–H and O–H groups in total. The van der Waals surface area contributed by atoms with E-state index < -0.39 is 9.84 Å². The minimum absolute atomic E-state index is 0.152. The van der Waals surface area contributed by atoms with Crippen molar-refractivity contribution in [1.82, 2.24) is 5.43 Å². The van der Waals surface area contributed by atoms with Crippen molar-refractivity contribution in [2.45, 2.75) is 35.4 Å². The molecule has 1 aromatic rings. The molecule has 2 rings (SSSR count). The van der Waals surface area contributed by atoms with Gasteiger partial charge in [0.2, 0.25) is 0 Å². The topological polar surface area (TPSA) is 72.2 Å². The van der Waals surface area contributed by atoms with Crippen molar-refractivity contribution in [1.29, 1.82) is 0 Å². The first-order chi connectivity index (χ1) is 8.99. The Morgan fingerprint density at radius 2 is 2.21 bits per heavy atom. The van der Waals surface area contributed by atoms with E-state index in [1.807, 2.05) is 17.8 Å². The van der Waals surface area contributed by atoms with Crippen LogP contribution in [0, 0.1) is 0 Å². The number of nitrogens with two attached hydrogens (primary N) is 1. The van der Waals surface area contributed by atoms with Gasteiger partial charge in [-0.05, 0) is 30.9 Å². The van der Waals surface area contributed by atoms with Crippen LogP contribution in [0.4, 0.5) is 0 Å². The van der Waals surface area contributed by atoms with Crippen molar-refractivity contribution >= 4 is 21.6 Å². The molecule has 1 heterocycles. The van der Waals surface area contributed by atoms with Gasteiger partial charge in [0.15, 0.2) is 0 Å². The molecule has 6 heteroatoms. The van der Waals surface area contributed by atoms with E-state index in [0.29, 0.717) is 11.7 Å². The number of hydrogen-bond acceptors (Lipinski definition) is 5. The van der Waals surface area contributed by atoms with Crippen LogP contribution in [0.2, 0.25) is 0 Å². The molecule has 4 nitrogen and oxygen atoms in total. The van der Waals surface area contributed by atoms with Crippen molar-refractivity contribution in [2.75, 3.05) is 12.0 Å². The maximum absolute atomic E-state index is 11.1. The highest BCUT2D eigenvalue weighted by molar-refractivity contribution is 8.00. The second-order valence-corrected chi connectivity index (χ2v) is 8.55. The van der Waals surface area contributed by atoms with Crippen LogP contribution in [0.25, 0.3) is 0 Å². The lowest BCUT2D eigenvalue weighted by Crippen LogP contribution is -2.42. The summed E-state index contributed by atoms with van der Waals surface area (Å²) >= 11 is 1.83. The third-order valence-electron chi connectivity index (χ3n) is 3.37. The molecule has 0 fully saturated rings. The van der Waals surface area contributed by atoms with Gasteiger partial charge >= 0.3 is 0 Å². The fourth-order valence-corrected chi connectivity index (χ4v) is 4.49. The molecule has 1 aromatic carbocycles. The van der Waals surface area contributed by atoms with Crippen LogP contribution in [-0.4, -0.2) is 31.7 Å². The lowest BCUT2D eigenvalue weighted by atomic mass is 10.0. The summed E-state index contributed by atoms with van der Waals surface area (Å²) in [6, 6.07) is 8.52. The molecule has 0 saturated carbocycles. The molecular weight excluding hydrogens is 280 g/mol. The van der Waals surface area contributed by atoms with Gasteiger partial charge in [-0.3, -0.25) is 11.3 Å². The summed E-state index contributed by atoms with van der Waals surface area (Å²) in [7, 11) is -2.88. The molecule has 106 valence electrons. The number of thioether (sulfide) groups is 1. The molecule has 0 saturated heterocycles. The largest absolute Gasteiger partial charge is 0.271 e. The zero-order valence-corrected chi connectivity index (χ0v) is 12.6. The molecule has 0 aliphatic carbocycles. The van der Waals surface area contributed by atoms with Crippen LogP contribution >= 0.6 is 11.8 Å². The summed E-state index contributed by atoms with van der Waals surface area (Å²) in [5.41, 5.74) is 4.21. The predicted molar refractivity (Wildman–Crippen MR) is 79.8 cm³/mol. The first-order valence-electron chi connectivity index (χ1n) is 6.38. The van der Waals surface area contributed by atoms with Gasteiger partial charge in [-0.25, -0.2) is 8.42 Å². The van der Waals surface area contributed by atoms with Crippen LogP contribution in [0.1, 0.15) is 18.4 Å². The summed E-state index contributed by atoms with van der Waals surface area (Å²) in [4.78, 5) is 1.32. The summed E-state index contributed by atoms with van der Waals surface area (Å²) in [5, 5.41) is 0.391. The van der Waals surface area contributed by atoms with Crippen molar-refractivity contribution < 1.29 is 8.42 Å². The Morgan fingerprint density at radius 3 is 2.84 bits per heavy atom. The molecule has 0 spiro atoms. The predicted octanol–water partition coefficient (Wildman–Crippen LogP) is 1.36. The monoisotopic (exact) mass is 300 g/mol. The quantitative estimate of drug-likeness (QED) is 0.613. The van der Waals surface area contributed by atoms with Crippen molar-refractivity contribution in [3.05, 3.63) is 29.8 Å². The second kappa shape index (κ2) is 6.26. The van der Waals surface area contributed by atoms with Gasteiger partial charge < -0.3 is 0 Å². The maximum Gasteiger partial charge on any atom is 0.147 e. The Bertz CT molecular complexity index is 506. The average molecular weight is 300 g/mol. The lowest BCUT2D eigenvalue weighted by Gasteiger charge is -2.21. The van der Waals surface area contributed by atoms with Crippen LogP contribution in [0.15, 0.2) is 29.2 Å². The minimum atomic E-state index is -2.88. The Kier molecular flexibility index (Phi) is 4.89. The smallest absolute Gasteiger partial charge is 0.147 e. The zero-order chi connectivity index (χ0) is 13.9. The molecule has 2 atom stereocenters. The Morgan fingerprint density at radius 1 is 1.47 bits per heavy atom. The number of hydrazine groups is 1. The Balaban J connectivity index is 1.90. The van der Waals surface area contributed by atoms with E-state index >= 15 is 0 Å². The first-order valence-corrected chi connectivity index (χ1v) is 9.32. The highest BCUT2D eigenvalue weighted by Gasteiger charge is 2.28. The van der Waals surface area contributed by atoms with Gasteiger partial charge in [0, 0.05) is 28.2 Å². The van der Waals surface area contributed by atoms with Crippen LogP contribution in [-0.2, 0) is 16.3 Å². The zero-order valence-electron chi connectivity index (χ0n) is 11.0. The maximum atomic E-state index is 11.1. The van der Waals surface area contributed by atoms with E-state index in [-0.39, 0.29) is 11.8 Å². The van der Waals surface area contributed by atoms with Crippen molar-refractivity contribution in [3.8, 4) is 0 Å². The van der Waals surface area contributed by atoms with Gasteiger partial charge in [0.1, 0.15) is 9.84 Å². The summed E-state index contributed by atoms with van der Waals surface area (Å²) in [6.07, 6.45) is 3.71. The molecule has 0 amide bonds. The van der Waals surface area contributed by atoms with Crippen molar-refractivity contribution in [3.63, 3.8) is 0 Å². The third kappa shape index (κ3) is 4.21. The normalized spacial score (nSPS) is 20.2. The number of hydrogen-bond donors (Lipinski definition) is 2. The summed E-state index contributed by atoms with van der Waals surface area (Å²) < 4.78 is 22.3.